The third kappa shape index (κ3) is 4.47. The predicted molar refractivity (Wildman–Crippen MR) is 114 cm³/mol. The van der Waals surface area contributed by atoms with E-state index >= 15 is 0 Å². The Morgan fingerprint density at radius 2 is 1.83 bits per heavy atom. The van der Waals surface area contributed by atoms with Crippen LogP contribution in [0.3, 0.4) is 0 Å². The van der Waals surface area contributed by atoms with Gasteiger partial charge < -0.3 is 14.5 Å². The minimum absolute atomic E-state index is 0.0461. The van der Waals surface area contributed by atoms with Crippen LogP contribution in [0.1, 0.15) is 0 Å². The fraction of sp³-hybridized carbons (Fsp3) is 0.0476. The van der Waals surface area contributed by atoms with E-state index in [0.717, 1.165) is 10.0 Å². The van der Waals surface area contributed by atoms with E-state index in [9.17, 15) is 14.9 Å². The second kappa shape index (κ2) is 8.34. The summed E-state index contributed by atoms with van der Waals surface area (Å²) in [6.07, 6.45) is 0. The Morgan fingerprint density at radius 3 is 2.53 bits per heavy atom. The number of anilines is 1. The quantitative estimate of drug-likeness (QED) is 0.309. The number of carbonyl (C=O) groups excluding carboxylic acids is 1. The van der Waals surface area contributed by atoms with Crippen molar-refractivity contribution in [3.8, 4) is 17.2 Å². The number of ether oxygens (including phenoxy) is 1. The minimum atomic E-state index is -0.501. The number of amides is 1. The first-order valence-electron chi connectivity index (χ1n) is 8.81. The third-order valence-electron chi connectivity index (χ3n) is 4.18. The van der Waals surface area contributed by atoms with Gasteiger partial charge in [0, 0.05) is 27.9 Å². The molecule has 0 fully saturated rings. The molecule has 9 heteroatoms. The first kappa shape index (κ1) is 19.6. The Bertz CT molecular complexity index is 1220. The second-order valence-electron chi connectivity index (χ2n) is 6.30. The number of nitrogens with one attached hydrogen (secondary N) is 1. The SMILES string of the molecule is O=C(COc1ccc([N+](=O)[O-])cc1)Nc1ccc2oc(-c3ccc(Br)cc3)nc2c1. The average Bonchev–Trinajstić information content (AvgIpc) is 3.16. The number of nitro groups is 1. The summed E-state index contributed by atoms with van der Waals surface area (Å²) >= 11 is 3.39. The molecule has 4 rings (SSSR count). The molecule has 0 spiro atoms. The highest BCUT2D eigenvalue weighted by Gasteiger charge is 2.11. The number of nitrogens with zero attached hydrogens (tertiary/aromatic N) is 2. The number of fused-ring (bicyclic) bond motifs is 1. The molecule has 0 aliphatic rings. The van der Waals surface area contributed by atoms with E-state index in [1.54, 1.807) is 18.2 Å². The zero-order valence-electron chi connectivity index (χ0n) is 15.4. The van der Waals surface area contributed by atoms with Gasteiger partial charge in [-0.3, -0.25) is 14.9 Å². The lowest BCUT2D eigenvalue weighted by molar-refractivity contribution is -0.384. The van der Waals surface area contributed by atoms with Crippen LogP contribution < -0.4 is 10.1 Å². The Hall–Kier alpha value is -3.72. The molecule has 0 radical (unpaired) electrons. The van der Waals surface area contributed by atoms with Gasteiger partial charge in [0.2, 0.25) is 5.89 Å². The lowest BCUT2D eigenvalue weighted by Crippen LogP contribution is -2.20. The molecule has 1 N–H and O–H groups in total. The smallest absolute Gasteiger partial charge is 0.269 e. The summed E-state index contributed by atoms with van der Waals surface area (Å²) in [5.74, 6) is 0.480. The lowest BCUT2D eigenvalue weighted by atomic mass is 10.2. The molecule has 0 unspecified atom stereocenters. The molecule has 4 aromatic rings. The molecule has 8 nitrogen and oxygen atoms in total. The fourth-order valence-corrected chi connectivity index (χ4v) is 3.00. The molecule has 0 atom stereocenters. The van der Waals surface area contributed by atoms with Crippen molar-refractivity contribution in [2.24, 2.45) is 0 Å². The summed E-state index contributed by atoms with van der Waals surface area (Å²) in [4.78, 5) is 26.8. The van der Waals surface area contributed by atoms with E-state index in [1.807, 2.05) is 24.3 Å². The van der Waals surface area contributed by atoms with Crippen molar-refractivity contribution in [2.75, 3.05) is 11.9 Å². The molecule has 0 saturated heterocycles. The topological polar surface area (TPSA) is 108 Å². The number of rotatable bonds is 6. The summed E-state index contributed by atoms with van der Waals surface area (Å²) in [6.45, 7) is -0.237. The van der Waals surface area contributed by atoms with E-state index in [4.69, 9.17) is 9.15 Å². The molecule has 30 heavy (non-hydrogen) atoms. The lowest BCUT2D eigenvalue weighted by Gasteiger charge is -2.07. The normalized spacial score (nSPS) is 10.7. The van der Waals surface area contributed by atoms with Crippen LogP contribution in [0.2, 0.25) is 0 Å². The van der Waals surface area contributed by atoms with Crippen molar-refractivity contribution in [2.45, 2.75) is 0 Å². The number of carbonyl (C=O) groups is 1. The predicted octanol–water partition coefficient (Wildman–Crippen LogP) is 5.18. The van der Waals surface area contributed by atoms with Gasteiger partial charge in [0.25, 0.3) is 11.6 Å². The maximum absolute atomic E-state index is 12.2. The van der Waals surface area contributed by atoms with Crippen molar-refractivity contribution in [1.29, 1.82) is 0 Å². The summed E-state index contributed by atoms with van der Waals surface area (Å²) in [5.41, 5.74) is 2.57. The van der Waals surface area contributed by atoms with Gasteiger partial charge >= 0.3 is 0 Å². The van der Waals surface area contributed by atoms with Crippen LogP contribution in [0.25, 0.3) is 22.6 Å². The van der Waals surface area contributed by atoms with Crippen LogP contribution in [-0.4, -0.2) is 22.4 Å². The number of nitro benzene ring substituents is 1. The van der Waals surface area contributed by atoms with Gasteiger partial charge in [-0.1, -0.05) is 15.9 Å². The summed E-state index contributed by atoms with van der Waals surface area (Å²) in [5, 5.41) is 13.4. The van der Waals surface area contributed by atoms with Crippen molar-refractivity contribution < 1.29 is 18.9 Å². The van der Waals surface area contributed by atoms with Crippen molar-refractivity contribution in [3.05, 3.63) is 81.3 Å². The van der Waals surface area contributed by atoms with Crippen molar-refractivity contribution in [3.63, 3.8) is 0 Å². The molecular formula is C21H14BrN3O5. The molecule has 150 valence electrons. The number of hydrogen-bond acceptors (Lipinski definition) is 6. The highest BCUT2D eigenvalue weighted by atomic mass is 79.9. The van der Waals surface area contributed by atoms with Crippen molar-refractivity contribution >= 4 is 44.3 Å². The maximum Gasteiger partial charge on any atom is 0.269 e. The van der Waals surface area contributed by atoms with Crippen LogP contribution in [0.15, 0.2) is 75.6 Å². The summed E-state index contributed by atoms with van der Waals surface area (Å²) in [7, 11) is 0. The highest BCUT2D eigenvalue weighted by Crippen LogP contribution is 2.27. The standard InChI is InChI=1S/C21H14BrN3O5/c22-14-3-1-13(2-4-14)21-24-18-11-15(5-10-19(18)30-21)23-20(26)12-29-17-8-6-16(7-9-17)25(27)28/h1-11H,12H2,(H,23,26). The molecule has 3 aromatic carbocycles. The molecule has 0 aliphatic carbocycles. The number of halogens is 1. The van der Waals surface area contributed by atoms with E-state index in [-0.39, 0.29) is 18.2 Å². The minimum Gasteiger partial charge on any atom is -0.484 e. The first-order chi connectivity index (χ1) is 14.5. The third-order valence-corrected chi connectivity index (χ3v) is 4.71. The van der Waals surface area contributed by atoms with Gasteiger partial charge in [0.1, 0.15) is 11.3 Å². The summed E-state index contributed by atoms with van der Waals surface area (Å²) < 4.78 is 12.1. The zero-order chi connectivity index (χ0) is 21.1. The number of non-ortho nitro benzene ring substituents is 1. The monoisotopic (exact) mass is 467 g/mol. The van der Waals surface area contributed by atoms with Gasteiger partial charge in [0.05, 0.1) is 4.92 Å². The van der Waals surface area contributed by atoms with E-state index in [2.05, 4.69) is 26.2 Å². The molecule has 0 aliphatic heterocycles. The van der Waals surface area contributed by atoms with Gasteiger partial charge in [-0.05, 0) is 54.6 Å². The Labute approximate surface area is 178 Å². The van der Waals surface area contributed by atoms with E-state index in [0.29, 0.717) is 28.4 Å². The molecule has 1 heterocycles. The highest BCUT2D eigenvalue weighted by molar-refractivity contribution is 9.10. The molecular weight excluding hydrogens is 454 g/mol. The van der Waals surface area contributed by atoms with Crippen LogP contribution in [0.5, 0.6) is 5.75 Å². The van der Waals surface area contributed by atoms with Crippen LogP contribution in [0.4, 0.5) is 11.4 Å². The van der Waals surface area contributed by atoms with E-state index in [1.165, 1.54) is 24.3 Å². The first-order valence-corrected chi connectivity index (χ1v) is 9.61. The zero-order valence-corrected chi connectivity index (χ0v) is 17.0. The molecule has 1 amide bonds. The fourth-order valence-electron chi connectivity index (χ4n) is 2.73. The number of oxazole rings is 1. The Kier molecular flexibility index (Phi) is 5.44. The molecule has 0 saturated carbocycles. The van der Waals surface area contributed by atoms with Gasteiger partial charge in [-0.2, -0.15) is 0 Å². The number of aromatic nitrogens is 1. The van der Waals surface area contributed by atoms with Crippen LogP contribution >= 0.6 is 15.9 Å². The number of benzene rings is 3. The van der Waals surface area contributed by atoms with Crippen LogP contribution in [0, 0.1) is 10.1 Å². The number of hydrogen-bond donors (Lipinski definition) is 1. The Morgan fingerprint density at radius 1 is 1.10 bits per heavy atom. The van der Waals surface area contributed by atoms with E-state index < -0.39 is 4.92 Å². The largest absolute Gasteiger partial charge is 0.484 e. The van der Waals surface area contributed by atoms with Gasteiger partial charge in [0.15, 0.2) is 12.2 Å². The van der Waals surface area contributed by atoms with Gasteiger partial charge in [-0.25, -0.2) is 4.98 Å². The molecule has 0 bridgehead atoms. The van der Waals surface area contributed by atoms with Gasteiger partial charge in [-0.15, -0.1) is 0 Å². The maximum atomic E-state index is 12.2. The Balaban J connectivity index is 1.41. The average molecular weight is 468 g/mol. The molecule has 1 aromatic heterocycles. The van der Waals surface area contributed by atoms with Crippen LogP contribution in [-0.2, 0) is 4.79 Å². The summed E-state index contributed by atoms with van der Waals surface area (Å²) in [6, 6.07) is 18.3. The second-order valence-corrected chi connectivity index (χ2v) is 7.21. The van der Waals surface area contributed by atoms with Crippen molar-refractivity contribution in [1.82, 2.24) is 4.98 Å².